The lowest BCUT2D eigenvalue weighted by Gasteiger charge is -2.28. The zero-order valence-corrected chi connectivity index (χ0v) is 13.2. The Morgan fingerprint density at radius 3 is 3.17 bits per heavy atom. The topological polar surface area (TPSA) is 60.2 Å². The number of nitrogens with zero attached hydrogens (tertiary/aromatic N) is 4. The van der Waals surface area contributed by atoms with Crippen molar-refractivity contribution >= 4 is 5.91 Å². The Hall–Kier alpha value is -2.37. The molecule has 120 valence electrons. The lowest BCUT2D eigenvalue weighted by Crippen LogP contribution is -2.38. The summed E-state index contributed by atoms with van der Waals surface area (Å²) in [6, 6.07) is 7.93. The van der Waals surface area contributed by atoms with E-state index in [1.54, 1.807) is 4.90 Å². The van der Waals surface area contributed by atoms with Crippen molar-refractivity contribution in [3.05, 3.63) is 41.5 Å². The molecule has 3 heterocycles. The number of aromatic nitrogens is 3. The average molecular weight is 312 g/mol. The maximum Gasteiger partial charge on any atom is 0.229 e. The number of rotatable bonds is 3. The van der Waals surface area contributed by atoms with Crippen LogP contribution in [0.3, 0.4) is 0 Å². The van der Waals surface area contributed by atoms with Crippen LogP contribution in [0.4, 0.5) is 0 Å². The molecule has 0 radical (unpaired) electrons. The Labute approximate surface area is 135 Å². The summed E-state index contributed by atoms with van der Waals surface area (Å²) in [5, 5.41) is 8.43. The molecule has 6 heteroatoms. The van der Waals surface area contributed by atoms with E-state index in [2.05, 4.69) is 14.8 Å². The maximum absolute atomic E-state index is 12.7. The molecule has 6 nitrogen and oxygen atoms in total. The summed E-state index contributed by atoms with van der Waals surface area (Å²) in [5.74, 6) is 2.79. The smallest absolute Gasteiger partial charge is 0.229 e. The van der Waals surface area contributed by atoms with Gasteiger partial charge in [0.2, 0.25) is 5.91 Å². The molecule has 1 amide bonds. The normalized spacial score (nSPS) is 18.9. The van der Waals surface area contributed by atoms with E-state index in [0.29, 0.717) is 13.2 Å². The summed E-state index contributed by atoms with van der Waals surface area (Å²) in [5.41, 5.74) is 1.11. The Kier molecular flexibility index (Phi) is 3.52. The maximum atomic E-state index is 12.7. The second-order valence-electron chi connectivity index (χ2n) is 6.30. The largest absolute Gasteiger partial charge is 0.492 e. The third kappa shape index (κ3) is 2.58. The third-order valence-corrected chi connectivity index (χ3v) is 4.67. The second kappa shape index (κ2) is 5.68. The van der Waals surface area contributed by atoms with Gasteiger partial charge in [-0.15, -0.1) is 10.2 Å². The van der Waals surface area contributed by atoms with E-state index < -0.39 is 0 Å². The van der Waals surface area contributed by atoms with Gasteiger partial charge in [0.1, 0.15) is 18.2 Å². The van der Waals surface area contributed by atoms with E-state index in [-0.39, 0.29) is 11.8 Å². The highest BCUT2D eigenvalue weighted by Gasteiger charge is 2.29. The zero-order chi connectivity index (χ0) is 15.8. The van der Waals surface area contributed by atoms with E-state index >= 15 is 0 Å². The molecule has 0 bridgehead atoms. The molecule has 0 N–H and O–H groups in total. The molecule has 0 fully saturated rings. The molecule has 2 aromatic rings. The Balaban J connectivity index is 1.45. The number of fused-ring (bicyclic) bond motifs is 2. The van der Waals surface area contributed by atoms with Gasteiger partial charge in [0.25, 0.3) is 0 Å². The van der Waals surface area contributed by atoms with Crippen LogP contribution in [-0.2, 0) is 30.7 Å². The molecular formula is C17H20N4O2. The van der Waals surface area contributed by atoms with Crippen molar-refractivity contribution in [3.8, 4) is 5.75 Å². The minimum atomic E-state index is -0.129. The third-order valence-electron chi connectivity index (χ3n) is 4.67. The summed E-state index contributed by atoms with van der Waals surface area (Å²) in [6.45, 7) is 1.90. The van der Waals surface area contributed by atoms with Gasteiger partial charge in [-0.3, -0.25) is 4.79 Å². The fourth-order valence-electron chi connectivity index (χ4n) is 3.42. The van der Waals surface area contributed by atoms with Crippen molar-refractivity contribution in [1.29, 1.82) is 0 Å². The van der Waals surface area contributed by atoms with Gasteiger partial charge in [-0.25, -0.2) is 0 Å². The zero-order valence-electron chi connectivity index (χ0n) is 13.2. The van der Waals surface area contributed by atoms with E-state index in [1.807, 2.05) is 31.3 Å². The summed E-state index contributed by atoms with van der Waals surface area (Å²) < 4.78 is 7.87. The fourth-order valence-corrected chi connectivity index (χ4v) is 3.42. The van der Waals surface area contributed by atoms with Gasteiger partial charge in [0.05, 0.1) is 12.5 Å². The SMILES string of the molecule is CN(Cc1nnc2n1CCC2)C(=O)[C@@H]1COc2ccccc2C1. The fraction of sp³-hybridized carbons (Fsp3) is 0.471. The van der Waals surface area contributed by atoms with Gasteiger partial charge in [-0.2, -0.15) is 0 Å². The molecule has 0 saturated heterocycles. The van der Waals surface area contributed by atoms with Crippen molar-refractivity contribution in [3.63, 3.8) is 0 Å². The number of carbonyl (C=O) groups excluding carboxylic acids is 1. The summed E-state index contributed by atoms with van der Waals surface area (Å²) in [4.78, 5) is 14.5. The van der Waals surface area contributed by atoms with E-state index in [9.17, 15) is 4.79 Å². The number of aryl methyl sites for hydroxylation is 1. The van der Waals surface area contributed by atoms with E-state index in [4.69, 9.17) is 4.74 Å². The van der Waals surface area contributed by atoms with Gasteiger partial charge < -0.3 is 14.2 Å². The highest BCUT2D eigenvalue weighted by Crippen LogP contribution is 2.27. The number of hydrogen-bond donors (Lipinski definition) is 0. The summed E-state index contributed by atoms with van der Waals surface area (Å²) >= 11 is 0. The van der Waals surface area contributed by atoms with Crippen LogP contribution in [0, 0.1) is 5.92 Å². The van der Waals surface area contributed by atoms with Crippen molar-refractivity contribution in [2.75, 3.05) is 13.7 Å². The summed E-state index contributed by atoms with van der Waals surface area (Å²) in [6.07, 6.45) is 2.83. The molecule has 4 rings (SSSR count). The lowest BCUT2D eigenvalue weighted by molar-refractivity contribution is -0.136. The van der Waals surface area contributed by atoms with Crippen LogP contribution >= 0.6 is 0 Å². The Morgan fingerprint density at radius 1 is 1.39 bits per heavy atom. The van der Waals surface area contributed by atoms with Crippen LogP contribution in [-0.4, -0.2) is 39.2 Å². The van der Waals surface area contributed by atoms with Crippen LogP contribution in [0.5, 0.6) is 5.75 Å². The molecule has 0 spiro atoms. The predicted octanol–water partition coefficient (Wildman–Crippen LogP) is 1.43. The Bertz CT molecular complexity index is 740. The van der Waals surface area contributed by atoms with Crippen LogP contribution in [0.15, 0.2) is 24.3 Å². The first-order chi connectivity index (χ1) is 11.2. The minimum absolute atomic E-state index is 0.106. The van der Waals surface area contributed by atoms with Crippen LogP contribution in [0.25, 0.3) is 0 Å². The molecule has 0 saturated carbocycles. The van der Waals surface area contributed by atoms with Gasteiger partial charge in [-0.05, 0) is 24.5 Å². The minimum Gasteiger partial charge on any atom is -0.492 e. The van der Waals surface area contributed by atoms with Crippen molar-refractivity contribution in [2.24, 2.45) is 5.92 Å². The first-order valence-corrected chi connectivity index (χ1v) is 8.09. The van der Waals surface area contributed by atoms with Crippen molar-refractivity contribution in [2.45, 2.75) is 32.4 Å². The van der Waals surface area contributed by atoms with Gasteiger partial charge in [0, 0.05) is 20.0 Å². The Morgan fingerprint density at radius 2 is 2.26 bits per heavy atom. The van der Waals surface area contributed by atoms with Gasteiger partial charge in [0.15, 0.2) is 5.82 Å². The molecule has 1 aromatic carbocycles. The summed E-state index contributed by atoms with van der Waals surface area (Å²) in [7, 11) is 1.83. The molecular weight excluding hydrogens is 292 g/mol. The number of para-hydroxylation sites is 1. The molecule has 0 unspecified atom stereocenters. The molecule has 1 atom stereocenters. The van der Waals surface area contributed by atoms with Crippen molar-refractivity contribution in [1.82, 2.24) is 19.7 Å². The monoisotopic (exact) mass is 312 g/mol. The quantitative estimate of drug-likeness (QED) is 0.860. The molecule has 1 aromatic heterocycles. The highest BCUT2D eigenvalue weighted by atomic mass is 16.5. The van der Waals surface area contributed by atoms with Crippen LogP contribution in [0.1, 0.15) is 23.6 Å². The van der Waals surface area contributed by atoms with Crippen molar-refractivity contribution < 1.29 is 9.53 Å². The number of ether oxygens (including phenoxy) is 1. The van der Waals surface area contributed by atoms with Crippen LogP contribution in [0.2, 0.25) is 0 Å². The van der Waals surface area contributed by atoms with E-state index in [0.717, 1.165) is 48.8 Å². The predicted molar refractivity (Wildman–Crippen MR) is 83.9 cm³/mol. The van der Waals surface area contributed by atoms with Crippen LogP contribution < -0.4 is 4.74 Å². The number of carbonyl (C=O) groups is 1. The van der Waals surface area contributed by atoms with Gasteiger partial charge >= 0.3 is 0 Å². The number of hydrogen-bond acceptors (Lipinski definition) is 4. The highest BCUT2D eigenvalue weighted by molar-refractivity contribution is 5.79. The number of amides is 1. The molecule has 23 heavy (non-hydrogen) atoms. The first kappa shape index (κ1) is 14.2. The average Bonchev–Trinajstić information content (AvgIpc) is 3.18. The van der Waals surface area contributed by atoms with E-state index in [1.165, 1.54) is 0 Å². The lowest BCUT2D eigenvalue weighted by atomic mass is 9.95. The standard InChI is InChI=1S/C17H20N4O2/c1-20(10-16-19-18-15-7-4-8-21(15)16)17(22)13-9-12-5-2-3-6-14(12)23-11-13/h2-3,5-6,13H,4,7-11H2,1H3/t13-/m0/s1. The van der Waals surface area contributed by atoms with Gasteiger partial charge in [-0.1, -0.05) is 18.2 Å². The molecule has 2 aliphatic rings. The molecule has 2 aliphatic heterocycles. The number of benzene rings is 1. The molecule has 0 aliphatic carbocycles. The second-order valence-corrected chi connectivity index (χ2v) is 6.30. The first-order valence-electron chi connectivity index (χ1n) is 8.09.